The Balaban J connectivity index is 1.45. The Labute approximate surface area is 192 Å². The molecule has 0 aromatic heterocycles. The van der Waals surface area contributed by atoms with E-state index >= 15 is 0 Å². The fraction of sp³-hybridized carbons (Fsp3) is 0.462. The summed E-state index contributed by atoms with van der Waals surface area (Å²) in [6.07, 6.45) is 2.19. The molecule has 32 heavy (non-hydrogen) atoms. The second-order valence-electron chi connectivity index (χ2n) is 9.51. The number of hydrogen-bond acceptors (Lipinski definition) is 3. The zero-order valence-electron chi connectivity index (χ0n) is 19.8. The van der Waals surface area contributed by atoms with Gasteiger partial charge in [0.05, 0.1) is 0 Å². The van der Waals surface area contributed by atoms with E-state index in [1.54, 1.807) is 7.05 Å². The fourth-order valence-electron chi connectivity index (χ4n) is 3.89. The first-order valence-corrected chi connectivity index (χ1v) is 11.5. The molecule has 1 fully saturated rings. The second-order valence-corrected chi connectivity index (χ2v) is 9.51. The molecule has 3 N–H and O–H groups in total. The van der Waals surface area contributed by atoms with Gasteiger partial charge in [-0.2, -0.15) is 0 Å². The fourth-order valence-corrected chi connectivity index (χ4v) is 3.89. The standard InChI is InChI=1S/C26H37N5O/c1-26(2,3)30-24(32)22-12-8-11-21(17-22)18-28-25(27-4)29-23-13-15-31(16-14-23)19-20-9-6-5-7-10-20/h5-12,17,23H,13-16,18-19H2,1-4H3,(H,30,32)(H2,27,28,29). The SMILES string of the molecule is CN=C(NCc1cccc(C(=O)NC(C)(C)C)c1)NC1CCN(Cc2ccccc2)CC1. The number of carbonyl (C=O) groups excluding carboxylic acids is 1. The molecule has 0 aliphatic carbocycles. The van der Waals surface area contributed by atoms with Gasteiger partial charge in [-0.05, 0) is 56.9 Å². The zero-order valence-corrected chi connectivity index (χ0v) is 19.8. The summed E-state index contributed by atoms with van der Waals surface area (Å²) in [5.74, 6) is 0.750. The third-order valence-corrected chi connectivity index (χ3v) is 5.54. The Hall–Kier alpha value is -2.86. The molecule has 1 saturated heterocycles. The molecule has 1 aliphatic heterocycles. The third-order valence-electron chi connectivity index (χ3n) is 5.54. The third kappa shape index (κ3) is 7.68. The zero-order chi connectivity index (χ0) is 23.0. The topological polar surface area (TPSA) is 68.8 Å². The van der Waals surface area contributed by atoms with Crippen LogP contribution in [0.5, 0.6) is 0 Å². The number of guanidine groups is 1. The molecular weight excluding hydrogens is 398 g/mol. The Morgan fingerprint density at radius 2 is 1.72 bits per heavy atom. The van der Waals surface area contributed by atoms with Gasteiger partial charge < -0.3 is 16.0 Å². The summed E-state index contributed by atoms with van der Waals surface area (Å²) in [7, 11) is 1.80. The average molecular weight is 436 g/mol. The summed E-state index contributed by atoms with van der Waals surface area (Å²) in [6, 6.07) is 18.8. The smallest absolute Gasteiger partial charge is 0.251 e. The number of amides is 1. The second kappa shape index (κ2) is 11.1. The van der Waals surface area contributed by atoms with E-state index < -0.39 is 0 Å². The molecule has 6 heteroatoms. The van der Waals surface area contributed by atoms with Crippen molar-refractivity contribution in [2.75, 3.05) is 20.1 Å². The van der Waals surface area contributed by atoms with Crippen molar-refractivity contribution in [2.24, 2.45) is 4.99 Å². The Bertz CT molecular complexity index is 896. The lowest BCUT2D eigenvalue weighted by molar-refractivity contribution is 0.0919. The number of aliphatic imine (C=N–C) groups is 1. The van der Waals surface area contributed by atoms with Gasteiger partial charge in [-0.1, -0.05) is 42.5 Å². The number of carbonyl (C=O) groups is 1. The molecule has 3 rings (SSSR count). The maximum absolute atomic E-state index is 12.4. The van der Waals surface area contributed by atoms with Crippen molar-refractivity contribution < 1.29 is 4.79 Å². The van der Waals surface area contributed by atoms with E-state index in [4.69, 9.17) is 0 Å². The van der Waals surface area contributed by atoms with E-state index in [1.807, 2.05) is 45.0 Å². The lowest BCUT2D eigenvalue weighted by Crippen LogP contribution is -2.48. The summed E-state index contributed by atoms with van der Waals surface area (Å²) >= 11 is 0. The van der Waals surface area contributed by atoms with E-state index in [9.17, 15) is 4.79 Å². The van der Waals surface area contributed by atoms with Gasteiger partial charge in [0.1, 0.15) is 0 Å². The largest absolute Gasteiger partial charge is 0.354 e. The highest BCUT2D eigenvalue weighted by atomic mass is 16.1. The molecule has 6 nitrogen and oxygen atoms in total. The van der Waals surface area contributed by atoms with Crippen LogP contribution in [-0.4, -0.2) is 48.5 Å². The molecule has 1 aliphatic rings. The van der Waals surface area contributed by atoms with Crippen molar-refractivity contribution in [3.8, 4) is 0 Å². The van der Waals surface area contributed by atoms with Crippen LogP contribution in [0.3, 0.4) is 0 Å². The summed E-state index contributed by atoms with van der Waals surface area (Å²) in [5, 5.41) is 9.97. The monoisotopic (exact) mass is 435 g/mol. The molecule has 2 aromatic carbocycles. The summed E-state index contributed by atoms with van der Waals surface area (Å²) in [4.78, 5) is 19.3. The average Bonchev–Trinajstić information content (AvgIpc) is 2.77. The van der Waals surface area contributed by atoms with E-state index in [1.165, 1.54) is 5.56 Å². The van der Waals surface area contributed by atoms with Crippen LogP contribution in [0.15, 0.2) is 59.6 Å². The highest BCUT2D eigenvalue weighted by Gasteiger charge is 2.20. The van der Waals surface area contributed by atoms with Crippen LogP contribution in [0.2, 0.25) is 0 Å². The van der Waals surface area contributed by atoms with Crippen molar-refractivity contribution in [1.29, 1.82) is 0 Å². The molecule has 0 bridgehead atoms. The Morgan fingerprint density at radius 1 is 1.03 bits per heavy atom. The first-order valence-electron chi connectivity index (χ1n) is 11.5. The molecule has 0 radical (unpaired) electrons. The molecular formula is C26H37N5O. The number of benzene rings is 2. The minimum atomic E-state index is -0.256. The normalized spacial score (nSPS) is 15.9. The predicted molar refractivity (Wildman–Crippen MR) is 132 cm³/mol. The van der Waals surface area contributed by atoms with Gasteiger partial charge in [0.15, 0.2) is 5.96 Å². The van der Waals surface area contributed by atoms with E-state index in [2.05, 4.69) is 56.2 Å². The van der Waals surface area contributed by atoms with Crippen molar-refractivity contribution in [3.63, 3.8) is 0 Å². The van der Waals surface area contributed by atoms with Gasteiger partial charge in [-0.15, -0.1) is 0 Å². The quantitative estimate of drug-likeness (QED) is 0.480. The number of nitrogens with one attached hydrogen (secondary N) is 3. The maximum Gasteiger partial charge on any atom is 0.251 e. The van der Waals surface area contributed by atoms with Gasteiger partial charge in [0.25, 0.3) is 5.91 Å². The summed E-state index contributed by atoms with van der Waals surface area (Å²) in [5.41, 5.74) is 2.84. The van der Waals surface area contributed by atoms with Crippen molar-refractivity contribution in [3.05, 3.63) is 71.3 Å². The number of likely N-dealkylation sites (tertiary alicyclic amines) is 1. The first-order chi connectivity index (χ1) is 15.3. The van der Waals surface area contributed by atoms with Crippen LogP contribution in [0, 0.1) is 0 Å². The van der Waals surface area contributed by atoms with Gasteiger partial charge in [0.2, 0.25) is 0 Å². The van der Waals surface area contributed by atoms with Crippen LogP contribution >= 0.6 is 0 Å². The highest BCUT2D eigenvalue weighted by molar-refractivity contribution is 5.94. The van der Waals surface area contributed by atoms with Crippen LogP contribution in [0.4, 0.5) is 0 Å². The van der Waals surface area contributed by atoms with Crippen LogP contribution < -0.4 is 16.0 Å². The van der Waals surface area contributed by atoms with Crippen LogP contribution in [0.25, 0.3) is 0 Å². The van der Waals surface area contributed by atoms with Crippen molar-refractivity contribution in [1.82, 2.24) is 20.9 Å². The summed E-state index contributed by atoms with van der Waals surface area (Å²) < 4.78 is 0. The molecule has 0 saturated carbocycles. The van der Waals surface area contributed by atoms with Crippen LogP contribution in [-0.2, 0) is 13.1 Å². The minimum Gasteiger partial charge on any atom is -0.354 e. The van der Waals surface area contributed by atoms with Gasteiger partial charge in [-0.3, -0.25) is 14.7 Å². The van der Waals surface area contributed by atoms with E-state index in [-0.39, 0.29) is 11.4 Å². The van der Waals surface area contributed by atoms with Gasteiger partial charge in [0, 0.05) is 50.4 Å². The Kier molecular flexibility index (Phi) is 8.28. The minimum absolute atomic E-state index is 0.0517. The lowest BCUT2D eigenvalue weighted by atomic mass is 10.0. The van der Waals surface area contributed by atoms with Crippen molar-refractivity contribution in [2.45, 2.75) is 58.3 Å². The highest BCUT2D eigenvalue weighted by Crippen LogP contribution is 2.14. The van der Waals surface area contributed by atoms with Gasteiger partial charge in [-0.25, -0.2) is 0 Å². The number of hydrogen-bond donors (Lipinski definition) is 3. The molecule has 1 heterocycles. The molecule has 0 atom stereocenters. The summed E-state index contributed by atoms with van der Waals surface area (Å²) in [6.45, 7) is 9.74. The van der Waals surface area contributed by atoms with Gasteiger partial charge >= 0.3 is 0 Å². The molecule has 2 aromatic rings. The Morgan fingerprint density at radius 3 is 2.38 bits per heavy atom. The van der Waals surface area contributed by atoms with E-state index in [0.717, 1.165) is 44.0 Å². The first kappa shape index (κ1) is 23.8. The molecule has 1 amide bonds. The van der Waals surface area contributed by atoms with Crippen molar-refractivity contribution >= 4 is 11.9 Å². The van der Waals surface area contributed by atoms with Crippen LogP contribution in [0.1, 0.15) is 55.1 Å². The maximum atomic E-state index is 12.4. The number of piperidine rings is 1. The molecule has 172 valence electrons. The molecule has 0 unspecified atom stereocenters. The lowest BCUT2D eigenvalue weighted by Gasteiger charge is -2.33. The predicted octanol–water partition coefficient (Wildman–Crippen LogP) is 3.54. The van der Waals surface area contributed by atoms with E-state index in [0.29, 0.717) is 18.2 Å². The number of rotatable bonds is 6. The number of nitrogens with zero attached hydrogens (tertiary/aromatic N) is 2. The molecule has 0 spiro atoms.